The Bertz CT molecular complexity index is 385. The molecule has 102 valence electrons. The minimum absolute atomic E-state index is 0.248. The largest absolute Gasteiger partial charge is 0.495 e. The predicted molar refractivity (Wildman–Crippen MR) is 81.0 cm³/mol. The molecule has 0 saturated heterocycles. The van der Waals surface area contributed by atoms with Crippen molar-refractivity contribution < 1.29 is 9.84 Å². The molecule has 0 amide bonds. The lowest BCUT2D eigenvalue weighted by atomic mass is 10.1. The van der Waals surface area contributed by atoms with E-state index in [2.05, 4.69) is 50.2 Å². The van der Waals surface area contributed by atoms with Gasteiger partial charge in [-0.3, -0.25) is 0 Å². The van der Waals surface area contributed by atoms with E-state index in [1.54, 1.807) is 7.11 Å². The van der Waals surface area contributed by atoms with E-state index in [1.807, 2.05) is 6.07 Å². The minimum atomic E-state index is 0.248. The van der Waals surface area contributed by atoms with Crippen LogP contribution in [0.4, 0.5) is 0 Å². The van der Waals surface area contributed by atoms with Crippen LogP contribution in [-0.4, -0.2) is 24.9 Å². The highest BCUT2D eigenvalue weighted by Crippen LogP contribution is 2.32. The Morgan fingerprint density at radius 1 is 1.39 bits per heavy atom. The van der Waals surface area contributed by atoms with Gasteiger partial charge in [0, 0.05) is 29.2 Å². The van der Waals surface area contributed by atoms with Gasteiger partial charge in [-0.1, -0.05) is 15.9 Å². The first-order valence-corrected chi connectivity index (χ1v) is 7.53. The van der Waals surface area contributed by atoms with Crippen molar-refractivity contribution in [3.05, 3.63) is 26.6 Å². The number of aliphatic hydroxyl groups excluding tert-OH is 1. The summed E-state index contributed by atoms with van der Waals surface area (Å²) in [5.41, 5.74) is 1.11. The van der Waals surface area contributed by atoms with Crippen molar-refractivity contribution in [3.63, 3.8) is 0 Å². The summed E-state index contributed by atoms with van der Waals surface area (Å²) in [6.07, 6.45) is 1.79. The van der Waals surface area contributed by atoms with Gasteiger partial charge in [-0.2, -0.15) is 0 Å². The fourth-order valence-electron chi connectivity index (χ4n) is 1.76. The van der Waals surface area contributed by atoms with Crippen molar-refractivity contribution in [2.24, 2.45) is 0 Å². The number of benzene rings is 1. The van der Waals surface area contributed by atoms with Gasteiger partial charge in [0.1, 0.15) is 5.75 Å². The number of nitrogens with one attached hydrogen (secondary N) is 1. The van der Waals surface area contributed by atoms with Crippen molar-refractivity contribution in [1.82, 2.24) is 5.32 Å². The third kappa shape index (κ3) is 4.88. The monoisotopic (exact) mass is 379 g/mol. The zero-order valence-electron chi connectivity index (χ0n) is 10.7. The molecule has 1 unspecified atom stereocenters. The lowest BCUT2D eigenvalue weighted by Crippen LogP contribution is -2.25. The maximum atomic E-state index is 8.80. The molecule has 0 radical (unpaired) electrons. The highest BCUT2D eigenvalue weighted by molar-refractivity contribution is 9.11. The van der Waals surface area contributed by atoms with Crippen LogP contribution in [0.1, 0.15) is 25.3 Å². The van der Waals surface area contributed by atoms with Crippen molar-refractivity contribution in [2.75, 3.05) is 13.7 Å². The average molecular weight is 381 g/mol. The Balaban J connectivity index is 2.66. The van der Waals surface area contributed by atoms with E-state index < -0.39 is 0 Å². The number of halogens is 2. The number of methoxy groups -OCH3 is 1. The lowest BCUT2D eigenvalue weighted by molar-refractivity contribution is 0.276. The Kier molecular flexibility index (Phi) is 7.22. The normalized spacial score (nSPS) is 12.5. The first-order valence-electron chi connectivity index (χ1n) is 5.94. The fourth-order valence-corrected chi connectivity index (χ4v) is 3.23. The Labute approximate surface area is 125 Å². The highest BCUT2D eigenvalue weighted by atomic mass is 79.9. The summed E-state index contributed by atoms with van der Waals surface area (Å²) >= 11 is 6.97. The van der Waals surface area contributed by atoms with Crippen LogP contribution in [-0.2, 0) is 6.54 Å². The summed E-state index contributed by atoms with van der Waals surface area (Å²) < 4.78 is 7.36. The van der Waals surface area contributed by atoms with E-state index in [9.17, 15) is 0 Å². The molecule has 2 N–H and O–H groups in total. The summed E-state index contributed by atoms with van der Waals surface area (Å²) in [5, 5.41) is 12.2. The Morgan fingerprint density at radius 3 is 2.72 bits per heavy atom. The van der Waals surface area contributed by atoms with E-state index in [1.165, 1.54) is 0 Å². The molecule has 0 saturated carbocycles. The van der Waals surface area contributed by atoms with Crippen LogP contribution in [0, 0.1) is 0 Å². The maximum absolute atomic E-state index is 8.80. The van der Waals surface area contributed by atoms with Gasteiger partial charge in [0.05, 0.1) is 11.6 Å². The van der Waals surface area contributed by atoms with Gasteiger partial charge in [-0.05, 0) is 47.8 Å². The van der Waals surface area contributed by atoms with E-state index in [0.717, 1.165) is 39.6 Å². The first-order chi connectivity index (χ1) is 8.58. The molecule has 5 heteroatoms. The zero-order chi connectivity index (χ0) is 13.5. The van der Waals surface area contributed by atoms with Crippen molar-refractivity contribution in [3.8, 4) is 5.75 Å². The van der Waals surface area contributed by atoms with Gasteiger partial charge in [-0.15, -0.1) is 0 Å². The second-order valence-electron chi connectivity index (χ2n) is 4.23. The molecule has 1 aromatic carbocycles. The predicted octanol–water partition coefficient (Wildman–Crippen LogP) is 3.47. The standard InChI is InChI=1S/C13H19Br2NO2/c1-9(4-3-5-17)16-8-10-6-11(14)7-12(15)13(10)18-2/h6-7,9,16-17H,3-5,8H2,1-2H3. The molecule has 0 fully saturated rings. The van der Waals surface area contributed by atoms with Gasteiger partial charge in [-0.25, -0.2) is 0 Å². The summed E-state index contributed by atoms with van der Waals surface area (Å²) in [7, 11) is 1.67. The van der Waals surface area contributed by atoms with Crippen LogP contribution in [0.5, 0.6) is 5.75 Å². The van der Waals surface area contributed by atoms with Gasteiger partial charge in [0.25, 0.3) is 0 Å². The van der Waals surface area contributed by atoms with Crippen LogP contribution < -0.4 is 10.1 Å². The minimum Gasteiger partial charge on any atom is -0.495 e. The zero-order valence-corrected chi connectivity index (χ0v) is 13.8. The number of ether oxygens (including phenoxy) is 1. The van der Waals surface area contributed by atoms with Crippen LogP contribution in [0.3, 0.4) is 0 Å². The molecule has 0 aliphatic heterocycles. The second-order valence-corrected chi connectivity index (χ2v) is 6.00. The summed E-state index contributed by atoms with van der Waals surface area (Å²) in [5.74, 6) is 0.861. The van der Waals surface area contributed by atoms with Gasteiger partial charge in [0.2, 0.25) is 0 Å². The van der Waals surface area contributed by atoms with Crippen LogP contribution in [0.15, 0.2) is 21.1 Å². The van der Waals surface area contributed by atoms with Crippen molar-refractivity contribution in [1.29, 1.82) is 0 Å². The second kappa shape index (κ2) is 8.15. The molecule has 1 rings (SSSR count). The Morgan fingerprint density at radius 2 is 2.11 bits per heavy atom. The Hall–Kier alpha value is -0.100. The molecule has 1 aromatic rings. The molecular weight excluding hydrogens is 362 g/mol. The van der Waals surface area contributed by atoms with E-state index in [0.29, 0.717) is 6.04 Å². The molecule has 0 aliphatic carbocycles. The third-order valence-electron chi connectivity index (χ3n) is 2.73. The molecule has 0 heterocycles. The third-order valence-corrected chi connectivity index (χ3v) is 3.77. The van der Waals surface area contributed by atoms with Gasteiger partial charge in [0.15, 0.2) is 0 Å². The van der Waals surface area contributed by atoms with Gasteiger partial charge < -0.3 is 15.2 Å². The molecule has 18 heavy (non-hydrogen) atoms. The first kappa shape index (κ1) is 16.0. The molecule has 0 aliphatic rings. The van der Waals surface area contributed by atoms with Crippen LogP contribution in [0.2, 0.25) is 0 Å². The molecular formula is C13H19Br2NO2. The number of rotatable bonds is 7. The molecule has 0 spiro atoms. The number of aliphatic hydroxyl groups is 1. The molecule has 0 bridgehead atoms. The topological polar surface area (TPSA) is 41.5 Å². The number of hydrogen-bond acceptors (Lipinski definition) is 3. The van der Waals surface area contributed by atoms with Gasteiger partial charge >= 0.3 is 0 Å². The van der Waals surface area contributed by atoms with E-state index in [4.69, 9.17) is 9.84 Å². The van der Waals surface area contributed by atoms with Crippen LogP contribution in [0.25, 0.3) is 0 Å². The fraction of sp³-hybridized carbons (Fsp3) is 0.538. The molecule has 0 aromatic heterocycles. The lowest BCUT2D eigenvalue weighted by Gasteiger charge is -2.16. The maximum Gasteiger partial charge on any atom is 0.137 e. The smallest absolute Gasteiger partial charge is 0.137 e. The highest BCUT2D eigenvalue weighted by Gasteiger charge is 2.10. The van der Waals surface area contributed by atoms with Crippen molar-refractivity contribution in [2.45, 2.75) is 32.4 Å². The SMILES string of the molecule is COc1c(Br)cc(Br)cc1CNC(C)CCCO. The molecule has 1 atom stereocenters. The van der Waals surface area contributed by atoms with Crippen molar-refractivity contribution >= 4 is 31.9 Å². The quantitative estimate of drug-likeness (QED) is 0.760. The number of hydrogen-bond donors (Lipinski definition) is 2. The summed E-state index contributed by atoms with van der Waals surface area (Å²) in [4.78, 5) is 0. The van der Waals surface area contributed by atoms with Crippen LogP contribution >= 0.6 is 31.9 Å². The summed E-state index contributed by atoms with van der Waals surface area (Å²) in [6.45, 7) is 3.11. The summed E-state index contributed by atoms with van der Waals surface area (Å²) in [6, 6.07) is 4.40. The van der Waals surface area contributed by atoms with E-state index >= 15 is 0 Å². The average Bonchev–Trinajstić information content (AvgIpc) is 2.33. The van der Waals surface area contributed by atoms with E-state index in [-0.39, 0.29) is 6.61 Å². The molecule has 3 nitrogen and oxygen atoms in total.